The third-order valence-electron chi connectivity index (χ3n) is 5.06. The summed E-state index contributed by atoms with van der Waals surface area (Å²) in [6.45, 7) is 2.13. The summed E-state index contributed by atoms with van der Waals surface area (Å²) in [4.78, 5) is 0. The van der Waals surface area contributed by atoms with E-state index in [-0.39, 0.29) is 0 Å². The maximum Gasteiger partial charge on any atom is 0.134 e. The van der Waals surface area contributed by atoms with Gasteiger partial charge in [0.25, 0.3) is 0 Å². The number of hydrogen-bond donors (Lipinski definition) is 1. The molecule has 0 bridgehead atoms. The zero-order valence-corrected chi connectivity index (χ0v) is 11.6. The maximum atomic E-state index is 6.08. The predicted octanol–water partition coefficient (Wildman–Crippen LogP) is 4.05. The van der Waals surface area contributed by atoms with E-state index < -0.39 is 0 Å². The fraction of sp³-hybridized carbons (Fsp3) is 0.529. The highest BCUT2D eigenvalue weighted by molar-refractivity contribution is 5.78. The molecule has 0 aliphatic heterocycles. The lowest BCUT2D eigenvalue weighted by molar-refractivity contribution is 0.316. The van der Waals surface area contributed by atoms with Gasteiger partial charge >= 0.3 is 0 Å². The number of hydrogen-bond acceptors (Lipinski definition) is 2. The van der Waals surface area contributed by atoms with E-state index in [4.69, 9.17) is 4.42 Å². The van der Waals surface area contributed by atoms with Crippen LogP contribution >= 0.6 is 0 Å². The summed E-state index contributed by atoms with van der Waals surface area (Å²) < 4.78 is 6.08. The average Bonchev–Trinajstić information content (AvgIpc) is 2.84. The van der Waals surface area contributed by atoms with Crippen molar-refractivity contribution in [3.8, 4) is 0 Å². The average molecular weight is 255 g/mol. The first-order valence-electron chi connectivity index (χ1n) is 7.42. The highest BCUT2D eigenvalue weighted by Gasteiger charge is 2.48. The molecule has 2 nitrogen and oxygen atoms in total. The number of aryl methyl sites for hydroxylation is 1. The first-order chi connectivity index (χ1) is 9.24. The zero-order chi connectivity index (χ0) is 13.0. The van der Waals surface area contributed by atoms with Gasteiger partial charge in [0, 0.05) is 5.39 Å². The van der Waals surface area contributed by atoms with Gasteiger partial charge in [0.15, 0.2) is 0 Å². The zero-order valence-electron chi connectivity index (χ0n) is 11.6. The van der Waals surface area contributed by atoms with E-state index in [1.165, 1.54) is 30.2 Å². The van der Waals surface area contributed by atoms with E-state index in [0.717, 1.165) is 29.1 Å². The van der Waals surface area contributed by atoms with Gasteiger partial charge in [0.1, 0.15) is 11.3 Å². The van der Waals surface area contributed by atoms with Gasteiger partial charge < -0.3 is 9.73 Å². The molecular formula is C17H21NO. The highest BCUT2D eigenvalue weighted by atomic mass is 16.3. The normalized spacial score (nSPS) is 30.5. The van der Waals surface area contributed by atoms with Gasteiger partial charge in [-0.15, -0.1) is 0 Å². The molecule has 2 aliphatic rings. The molecule has 100 valence electrons. The second kappa shape index (κ2) is 4.11. The summed E-state index contributed by atoms with van der Waals surface area (Å²) in [5, 5.41) is 4.72. The summed E-state index contributed by atoms with van der Waals surface area (Å²) in [6, 6.07) is 9.04. The monoisotopic (exact) mass is 255 g/mol. The van der Waals surface area contributed by atoms with Gasteiger partial charge in [-0.3, -0.25) is 0 Å². The molecule has 2 aromatic rings. The molecule has 19 heavy (non-hydrogen) atoms. The molecule has 3 atom stereocenters. The summed E-state index contributed by atoms with van der Waals surface area (Å²) in [6.07, 6.45) is 4.24. The molecule has 2 aliphatic carbocycles. The van der Waals surface area contributed by atoms with Crippen molar-refractivity contribution in [3.05, 3.63) is 35.6 Å². The van der Waals surface area contributed by atoms with Gasteiger partial charge in [0.05, 0.1) is 6.04 Å². The number of rotatable bonds is 3. The van der Waals surface area contributed by atoms with Crippen molar-refractivity contribution in [3.63, 3.8) is 0 Å². The van der Waals surface area contributed by atoms with Crippen molar-refractivity contribution in [2.24, 2.45) is 17.8 Å². The SMILES string of the molecule is CNC(c1cc2cc(C)ccc2o1)C1CC2CC2C1. The third kappa shape index (κ3) is 1.90. The predicted molar refractivity (Wildman–Crippen MR) is 77.1 cm³/mol. The van der Waals surface area contributed by atoms with Gasteiger partial charge in [0.2, 0.25) is 0 Å². The van der Waals surface area contributed by atoms with E-state index >= 15 is 0 Å². The first kappa shape index (κ1) is 11.5. The van der Waals surface area contributed by atoms with Crippen LogP contribution < -0.4 is 5.32 Å². The topological polar surface area (TPSA) is 25.2 Å². The fourth-order valence-electron chi connectivity index (χ4n) is 3.98. The Kier molecular flexibility index (Phi) is 2.49. The van der Waals surface area contributed by atoms with Crippen molar-refractivity contribution in [1.29, 1.82) is 0 Å². The summed E-state index contributed by atoms with van der Waals surface area (Å²) in [5.41, 5.74) is 2.31. The van der Waals surface area contributed by atoms with Crippen LogP contribution in [0, 0.1) is 24.7 Å². The smallest absolute Gasteiger partial charge is 0.134 e. The molecule has 3 unspecified atom stereocenters. The Morgan fingerprint density at radius 2 is 1.95 bits per heavy atom. The van der Waals surface area contributed by atoms with E-state index in [1.54, 1.807) is 0 Å². The Morgan fingerprint density at radius 1 is 1.16 bits per heavy atom. The number of fused-ring (bicyclic) bond motifs is 2. The quantitative estimate of drug-likeness (QED) is 0.895. The Balaban J connectivity index is 1.67. The van der Waals surface area contributed by atoms with E-state index in [2.05, 4.69) is 43.6 Å². The van der Waals surface area contributed by atoms with Crippen LogP contribution in [0.4, 0.5) is 0 Å². The van der Waals surface area contributed by atoms with Crippen LogP contribution in [0.15, 0.2) is 28.7 Å². The van der Waals surface area contributed by atoms with Crippen LogP contribution in [0.5, 0.6) is 0 Å². The molecule has 4 rings (SSSR count). The second-order valence-corrected chi connectivity index (χ2v) is 6.44. The molecule has 0 radical (unpaired) electrons. The van der Waals surface area contributed by atoms with Gasteiger partial charge in [-0.05, 0) is 69.2 Å². The molecule has 1 heterocycles. The van der Waals surface area contributed by atoms with Gasteiger partial charge in [-0.25, -0.2) is 0 Å². The Morgan fingerprint density at radius 3 is 2.68 bits per heavy atom. The van der Waals surface area contributed by atoms with Crippen LogP contribution in [0.3, 0.4) is 0 Å². The lowest BCUT2D eigenvalue weighted by Crippen LogP contribution is -2.24. The minimum atomic E-state index is 0.389. The lowest BCUT2D eigenvalue weighted by Gasteiger charge is -2.22. The van der Waals surface area contributed by atoms with Crippen molar-refractivity contribution < 1.29 is 4.42 Å². The lowest BCUT2D eigenvalue weighted by atomic mass is 9.92. The van der Waals surface area contributed by atoms with Crippen LogP contribution in [0.25, 0.3) is 11.0 Å². The molecule has 1 N–H and O–H groups in total. The van der Waals surface area contributed by atoms with Crippen LogP contribution in [-0.2, 0) is 0 Å². The van der Waals surface area contributed by atoms with Gasteiger partial charge in [-0.2, -0.15) is 0 Å². The number of furan rings is 1. The van der Waals surface area contributed by atoms with E-state index in [9.17, 15) is 0 Å². The van der Waals surface area contributed by atoms with Crippen LogP contribution in [-0.4, -0.2) is 7.05 Å². The summed E-state index contributed by atoms with van der Waals surface area (Å²) >= 11 is 0. The molecule has 2 fully saturated rings. The van der Waals surface area contributed by atoms with Crippen molar-refractivity contribution >= 4 is 11.0 Å². The molecule has 1 aromatic heterocycles. The summed E-state index contributed by atoms with van der Waals surface area (Å²) in [5.74, 6) is 3.92. The summed E-state index contributed by atoms with van der Waals surface area (Å²) in [7, 11) is 2.06. The molecular weight excluding hydrogens is 234 g/mol. The van der Waals surface area contributed by atoms with Crippen molar-refractivity contribution in [1.82, 2.24) is 5.32 Å². The highest BCUT2D eigenvalue weighted by Crippen LogP contribution is 2.57. The largest absolute Gasteiger partial charge is 0.459 e. The Labute approximate surface area is 114 Å². The second-order valence-electron chi connectivity index (χ2n) is 6.44. The molecule has 0 amide bonds. The van der Waals surface area contributed by atoms with E-state index in [0.29, 0.717) is 6.04 Å². The first-order valence-corrected chi connectivity index (χ1v) is 7.42. The fourth-order valence-corrected chi connectivity index (χ4v) is 3.98. The maximum absolute atomic E-state index is 6.08. The third-order valence-corrected chi connectivity index (χ3v) is 5.06. The van der Waals surface area contributed by atoms with Crippen molar-refractivity contribution in [2.45, 2.75) is 32.2 Å². The van der Waals surface area contributed by atoms with Crippen LogP contribution in [0.1, 0.15) is 36.6 Å². The Hall–Kier alpha value is -1.28. The Bertz CT molecular complexity index is 605. The van der Waals surface area contributed by atoms with E-state index in [1.807, 2.05) is 0 Å². The molecule has 2 saturated carbocycles. The molecule has 1 aromatic carbocycles. The molecule has 0 saturated heterocycles. The number of nitrogens with one attached hydrogen (secondary N) is 1. The minimum absolute atomic E-state index is 0.389. The molecule has 0 spiro atoms. The standard InChI is InChI=1S/C17H21NO/c1-10-3-4-15-13(5-10)9-16(19-15)17(18-2)14-7-11-6-12(11)8-14/h3-5,9,11-12,14,17-18H,6-8H2,1-2H3. The van der Waals surface area contributed by atoms with Crippen LogP contribution in [0.2, 0.25) is 0 Å². The van der Waals surface area contributed by atoms with Gasteiger partial charge in [-0.1, -0.05) is 11.6 Å². The minimum Gasteiger partial charge on any atom is -0.459 e. The number of benzene rings is 1. The van der Waals surface area contributed by atoms with Crippen molar-refractivity contribution in [2.75, 3.05) is 7.05 Å². The molecule has 2 heteroatoms.